The van der Waals surface area contributed by atoms with Gasteiger partial charge in [-0.1, -0.05) is 30.3 Å². The Balaban J connectivity index is 1.17. The molecule has 2 aliphatic rings. The summed E-state index contributed by atoms with van der Waals surface area (Å²) in [7, 11) is -3.62. The van der Waals surface area contributed by atoms with Gasteiger partial charge in [0.25, 0.3) is 0 Å². The zero-order chi connectivity index (χ0) is 39.2. The number of aryl methyl sites for hydroxylation is 1. The summed E-state index contributed by atoms with van der Waals surface area (Å²) in [5, 5.41) is 22.9. The minimum Gasteiger partial charge on any atom is -0.444 e. The number of hydrogen-bond acceptors (Lipinski definition) is 9. The van der Waals surface area contributed by atoms with Gasteiger partial charge in [0.15, 0.2) is 0 Å². The van der Waals surface area contributed by atoms with E-state index in [-0.39, 0.29) is 35.0 Å². The Hall–Kier alpha value is -5.15. The number of anilines is 1. The van der Waals surface area contributed by atoms with E-state index in [0.717, 1.165) is 53.5 Å². The minimum absolute atomic E-state index is 0.196. The molecule has 0 spiro atoms. The molecule has 4 N–H and O–H groups in total. The first-order chi connectivity index (χ1) is 26.2. The molecular weight excluding hydrogens is 721 g/mol. The molecule has 0 radical (unpaired) electrons. The van der Waals surface area contributed by atoms with Crippen LogP contribution in [0.3, 0.4) is 0 Å². The second kappa shape index (κ2) is 17.1. The summed E-state index contributed by atoms with van der Waals surface area (Å²) in [5.41, 5.74) is 3.99. The van der Waals surface area contributed by atoms with E-state index in [9.17, 15) is 22.8 Å². The van der Waals surface area contributed by atoms with Crippen molar-refractivity contribution in [1.82, 2.24) is 35.6 Å². The lowest BCUT2D eigenvalue weighted by molar-refractivity contribution is -0.130. The van der Waals surface area contributed by atoms with Crippen molar-refractivity contribution < 1.29 is 27.5 Å². The first-order valence-electron chi connectivity index (χ1n) is 18.9. The number of aromatic amines is 1. The van der Waals surface area contributed by atoms with Crippen LogP contribution in [0, 0.1) is 18.8 Å². The van der Waals surface area contributed by atoms with E-state index >= 15 is 0 Å². The van der Waals surface area contributed by atoms with Gasteiger partial charge in [-0.2, -0.15) is 9.52 Å². The molecule has 55 heavy (non-hydrogen) atoms. The van der Waals surface area contributed by atoms with E-state index in [1.54, 1.807) is 36.4 Å². The molecule has 1 saturated heterocycles. The standard InChI is InChI=1S/C40H50N8O6S/c1-26-10-19-33(55(52,53)48-20-5-6-21-48)24-34(26)31-9-7-8-28(22-31)23-35(38(50)42-32-17-15-29(16-18-32)36-44-46-47-45-36)43-37(49)30-13-11-27(12-14-30)25-41-39(51)54-40(2,3)4/h7-10,15-19,22,24,27,30,35H,5-6,11-14,20-21,23,25H2,1-4H3,(H,41,51)(H,42,50)(H,43,49)(H,44,45,46,47)/t27?,30?,35-/m0/s1. The first-order valence-corrected chi connectivity index (χ1v) is 20.3. The molecule has 3 aromatic carbocycles. The third kappa shape index (κ3) is 10.3. The smallest absolute Gasteiger partial charge is 0.407 e. The molecule has 1 saturated carbocycles. The van der Waals surface area contributed by atoms with Crippen molar-refractivity contribution in [3.8, 4) is 22.5 Å². The van der Waals surface area contributed by atoms with Gasteiger partial charge < -0.3 is 20.7 Å². The van der Waals surface area contributed by atoms with Gasteiger partial charge >= 0.3 is 6.09 Å². The van der Waals surface area contributed by atoms with E-state index in [1.165, 1.54) is 4.31 Å². The fraction of sp³-hybridized carbons (Fsp3) is 0.450. The molecule has 4 aromatic rings. The topological polar surface area (TPSA) is 188 Å². The van der Waals surface area contributed by atoms with E-state index in [0.29, 0.717) is 44.0 Å². The molecular formula is C40H50N8O6S. The van der Waals surface area contributed by atoms with E-state index in [2.05, 4.69) is 36.6 Å². The highest BCUT2D eigenvalue weighted by Crippen LogP contribution is 2.31. The number of carbonyl (C=O) groups is 3. The number of aromatic nitrogens is 4. The number of H-pyrrole nitrogens is 1. The van der Waals surface area contributed by atoms with Gasteiger partial charge in [-0.05, 0) is 136 Å². The molecule has 1 aromatic heterocycles. The Bertz CT molecular complexity index is 2070. The van der Waals surface area contributed by atoms with Crippen molar-refractivity contribution in [2.45, 2.75) is 89.2 Å². The Morgan fingerprint density at radius 3 is 2.35 bits per heavy atom. The van der Waals surface area contributed by atoms with Crippen LogP contribution in [0.2, 0.25) is 0 Å². The first kappa shape index (κ1) is 39.5. The quantitative estimate of drug-likeness (QED) is 0.142. The van der Waals surface area contributed by atoms with Gasteiger partial charge in [0.1, 0.15) is 11.6 Å². The van der Waals surface area contributed by atoms with Crippen molar-refractivity contribution in [3.63, 3.8) is 0 Å². The highest BCUT2D eigenvalue weighted by molar-refractivity contribution is 7.89. The van der Waals surface area contributed by atoms with Gasteiger partial charge in [-0.25, -0.2) is 13.2 Å². The summed E-state index contributed by atoms with van der Waals surface area (Å²) >= 11 is 0. The highest BCUT2D eigenvalue weighted by Gasteiger charge is 2.31. The third-order valence-corrected chi connectivity index (χ3v) is 12.0. The fourth-order valence-electron chi connectivity index (χ4n) is 7.14. The number of ether oxygens (including phenoxy) is 1. The second-order valence-electron chi connectivity index (χ2n) is 15.5. The summed E-state index contributed by atoms with van der Waals surface area (Å²) in [4.78, 5) is 40.1. The van der Waals surface area contributed by atoms with Crippen molar-refractivity contribution in [2.24, 2.45) is 11.8 Å². The van der Waals surface area contributed by atoms with Gasteiger partial charge in [0, 0.05) is 43.2 Å². The number of alkyl carbamates (subject to hydrolysis) is 1. The number of amides is 3. The number of nitrogens with zero attached hydrogens (tertiary/aromatic N) is 4. The number of rotatable bonds is 12. The van der Waals surface area contributed by atoms with Crippen LogP contribution in [0.4, 0.5) is 10.5 Å². The lowest BCUT2D eigenvalue weighted by Gasteiger charge is -2.29. The van der Waals surface area contributed by atoms with Crippen LogP contribution in [0.1, 0.15) is 70.4 Å². The molecule has 3 amide bonds. The predicted molar refractivity (Wildman–Crippen MR) is 208 cm³/mol. The molecule has 1 atom stereocenters. The average Bonchev–Trinajstić information content (AvgIpc) is 3.90. The lowest BCUT2D eigenvalue weighted by Crippen LogP contribution is -2.48. The largest absolute Gasteiger partial charge is 0.444 e. The summed E-state index contributed by atoms with van der Waals surface area (Å²) in [6, 6.07) is 19.0. The second-order valence-corrected chi connectivity index (χ2v) is 17.4. The van der Waals surface area contributed by atoms with Crippen molar-refractivity contribution >= 4 is 33.6 Å². The molecule has 6 rings (SSSR count). The summed E-state index contributed by atoms with van der Waals surface area (Å²) in [5.74, 6) is -0.209. The molecule has 14 nitrogen and oxygen atoms in total. The van der Waals surface area contributed by atoms with Crippen LogP contribution in [0.15, 0.2) is 71.6 Å². The zero-order valence-corrected chi connectivity index (χ0v) is 32.6. The molecule has 15 heteroatoms. The predicted octanol–water partition coefficient (Wildman–Crippen LogP) is 5.62. The number of benzene rings is 3. The Kier molecular flexibility index (Phi) is 12.3. The Morgan fingerprint density at radius 1 is 0.945 bits per heavy atom. The van der Waals surface area contributed by atoms with E-state index in [1.807, 2.05) is 58.0 Å². The molecule has 1 aliphatic carbocycles. The number of sulfonamides is 1. The normalized spacial score (nSPS) is 18.3. The maximum absolute atomic E-state index is 13.9. The maximum atomic E-state index is 13.9. The summed E-state index contributed by atoms with van der Waals surface area (Å²) in [6.45, 7) is 8.91. The molecule has 0 bridgehead atoms. The molecule has 2 heterocycles. The SMILES string of the molecule is Cc1ccc(S(=O)(=O)N2CCCC2)cc1-c1cccc(C[C@H](NC(=O)C2CCC(CNC(=O)OC(C)(C)C)CC2)C(=O)Nc2ccc(-c3nn[nH]n3)cc2)c1. The van der Waals surface area contributed by atoms with E-state index in [4.69, 9.17) is 4.74 Å². The van der Waals surface area contributed by atoms with Crippen LogP contribution in [-0.4, -0.2) is 82.5 Å². The minimum atomic E-state index is -3.62. The monoisotopic (exact) mass is 770 g/mol. The lowest BCUT2D eigenvalue weighted by atomic mass is 9.81. The number of hydrogen-bond donors (Lipinski definition) is 4. The molecule has 2 fully saturated rings. The van der Waals surface area contributed by atoms with E-state index < -0.39 is 27.8 Å². The van der Waals surface area contributed by atoms with Crippen LogP contribution >= 0.6 is 0 Å². The maximum Gasteiger partial charge on any atom is 0.407 e. The van der Waals surface area contributed by atoms with Gasteiger partial charge in [0.05, 0.1) is 4.90 Å². The van der Waals surface area contributed by atoms with Crippen LogP contribution in [0.5, 0.6) is 0 Å². The third-order valence-electron chi connectivity index (χ3n) is 10.1. The van der Waals surface area contributed by atoms with Crippen molar-refractivity contribution in [3.05, 3.63) is 77.9 Å². The van der Waals surface area contributed by atoms with Crippen LogP contribution < -0.4 is 16.0 Å². The number of carbonyl (C=O) groups excluding carboxylic acids is 3. The van der Waals surface area contributed by atoms with Crippen LogP contribution in [-0.2, 0) is 30.8 Å². The zero-order valence-electron chi connectivity index (χ0n) is 31.8. The average molecular weight is 771 g/mol. The number of nitrogens with one attached hydrogen (secondary N) is 4. The molecule has 0 unspecified atom stereocenters. The molecule has 292 valence electrons. The highest BCUT2D eigenvalue weighted by atomic mass is 32.2. The van der Waals surface area contributed by atoms with Gasteiger partial charge in [-0.15, -0.1) is 10.2 Å². The summed E-state index contributed by atoms with van der Waals surface area (Å²) < 4.78 is 33.7. The van der Waals surface area contributed by atoms with Crippen molar-refractivity contribution in [1.29, 1.82) is 0 Å². The number of tetrazole rings is 1. The van der Waals surface area contributed by atoms with Crippen molar-refractivity contribution in [2.75, 3.05) is 25.0 Å². The summed E-state index contributed by atoms with van der Waals surface area (Å²) in [6.07, 6.45) is 4.22. The Labute approximate surface area is 322 Å². The van der Waals surface area contributed by atoms with Gasteiger partial charge in [0.2, 0.25) is 27.7 Å². The van der Waals surface area contributed by atoms with Crippen LogP contribution in [0.25, 0.3) is 22.5 Å². The molecule has 1 aliphatic heterocycles. The van der Waals surface area contributed by atoms with Gasteiger partial charge in [-0.3, -0.25) is 9.59 Å². The fourth-order valence-corrected chi connectivity index (χ4v) is 8.68. The Morgan fingerprint density at radius 2 is 1.67 bits per heavy atom.